The van der Waals surface area contributed by atoms with Gasteiger partial charge in [0.05, 0.1) is 11.0 Å². The third kappa shape index (κ3) is 5.45. The summed E-state index contributed by atoms with van der Waals surface area (Å²) in [4.78, 5) is 15.2. The largest absolute Gasteiger partial charge is 0.456 e. The van der Waals surface area contributed by atoms with Gasteiger partial charge in [-0.1, -0.05) is 140 Å². The number of nitrogens with zero attached hydrogens (tertiary/aromatic N) is 4. The van der Waals surface area contributed by atoms with Crippen LogP contribution in [0, 0.1) is 0 Å². The van der Waals surface area contributed by atoms with E-state index in [1.807, 2.05) is 78.9 Å². The minimum Gasteiger partial charge on any atom is -0.456 e. The predicted octanol–water partition coefficient (Wildman–Crippen LogP) is 13.2. The van der Waals surface area contributed by atoms with E-state index in [0.29, 0.717) is 17.5 Å². The van der Waals surface area contributed by atoms with Crippen LogP contribution in [-0.2, 0) is 0 Å². The van der Waals surface area contributed by atoms with Gasteiger partial charge < -0.3 is 8.98 Å². The first-order chi connectivity index (χ1) is 27.7. The number of benzene rings is 8. The van der Waals surface area contributed by atoms with Crippen LogP contribution in [0.5, 0.6) is 0 Å². The van der Waals surface area contributed by atoms with Gasteiger partial charge in [0.15, 0.2) is 17.5 Å². The number of hydrogen-bond acceptors (Lipinski definition) is 4. The first-order valence-electron chi connectivity index (χ1n) is 18.8. The van der Waals surface area contributed by atoms with Crippen molar-refractivity contribution in [2.24, 2.45) is 0 Å². The maximum Gasteiger partial charge on any atom is 0.164 e. The quantitative estimate of drug-likeness (QED) is 0.172. The molecule has 0 saturated carbocycles. The highest BCUT2D eigenvalue weighted by atomic mass is 16.3. The fourth-order valence-corrected chi connectivity index (χ4v) is 7.95. The Morgan fingerprint density at radius 1 is 0.304 bits per heavy atom. The molecule has 5 nitrogen and oxygen atoms in total. The van der Waals surface area contributed by atoms with Gasteiger partial charge in [0.1, 0.15) is 11.2 Å². The lowest BCUT2D eigenvalue weighted by Gasteiger charge is -2.14. The average Bonchev–Trinajstić information content (AvgIpc) is 3.81. The minimum atomic E-state index is 0.616. The van der Waals surface area contributed by atoms with E-state index in [2.05, 4.69) is 120 Å². The molecule has 3 aromatic heterocycles. The van der Waals surface area contributed by atoms with E-state index in [9.17, 15) is 0 Å². The van der Waals surface area contributed by atoms with Crippen molar-refractivity contribution < 1.29 is 4.42 Å². The zero-order valence-corrected chi connectivity index (χ0v) is 30.2. The topological polar surface area (TPSA) is 56.7 Å². The fourth-order valence-electron chi connectivity index (χ4n) is 7.95. The molecule has 8 aromatic carbocycles. The van der Waals surface area contributed by atoms with E-state index < -0.39 is 0 Å². The maximum atomic E-state index is 6.39. The summed E-state index contributed by atoms with van der Waals surface area (Å²) in [5.74, 6) is 1.88. The Balaban J connectivity index is 1.11. The molecular weight excluding hydrogens is 685 g/mol. The summed E-state index contributed by atoms with van der Waals surface area (Å²) in [5, 5.41) is 4.64. The van der Waals surface area contributed by atoms with Crippen molar-refractivity contribution in [1.82, 2.24) is 19.5 Å². The molecule has 0 atom stereocenters. The van der Waals surface area contributed by atoms with Gasteiger partial charge in [-0.25, -0.2) is 15.0 Å². The lowest BCUT2D eigenvalue weighted by Crippen LogP contribution is -2.00. The summed E-state index contributed by atoms with van der Waals surface area (Å²) in [6.45, 7) is 0. The van der Waals surface area contributed by atoms with Gasteiger partial charge >= 0.3 is 0 Å². The molecule has 56 heavy (non-hydrogen) atoms. The highest BCUT2D eigenvalue weighted by molar-refractivity contribution is 6.17. The molecule has 0 amide bonds. The second-order valence-corrected chi connectivity index (χ2v) is 14.1. The van der Waals surface area contributed by atoms with Crippen molar-refractivity contribution in [3.05, 3.63) is 194 Å². The van der Waals surface area contributed by atoms with Gasteiger partial charge in [-0.15, -0.1) is 0 Å². The number of aromatic nitrogens is 4. The molecule has 0 fully saturated rings. The van der Waals surface area contributed by atoms with Gasteiger partial charge in [-0.3, -0.25) is 0 Å². The van der Waals surface area contributed by atoms with Gasteiger partial charge in [0, 0.05) is 50.0 Å². The van der Waals surface area contributed by atoms with Crippen LogP contribution >= 0.6 is 0 Å². The molecule has 0 N–H and O–H groups in total. The molecule has 5 heteroatoms. The van der Waals surface area contributed by atoms with Crippen LogP contribution in [0.1, 0.15) is 0 Å². The van der Waals surface area contributed by atoms with E-state index in [1.54, 1.807) is 0 Å². The Kier molecular flexibility index (Phi) is 7.42. The monoisotopic (exact) mass is 716 g/mol. The molecule has 0 aliphatic carbocycles. The Bertz CT molecular complexity index is 3180. The standard InChI is InChI=1S/C51H32N4O/c1-4-15-33(16-5-1)37-27-38(29-39(28-37)51-53-49(34-17-6-2-7-18-34)52-50(54-51)35-19-8-3-9-20-35)36-21-14-22-40(30-36)55-45-25-12-10-23-41(45)43-31-44-42-24-11-13-26-47(42)56-48(44)32-46(43)55/h1-32H. The van der Waals surface area contributed by atoms with E-state index >= 15 is 0 Å². The minimum absolute atomic E-state index is 0.616. The van der Waals surface area contributed by atoms with Crippen LogP contribution in [0.25, 0.3) is 106 Å². The second-order valence-electron chi connectivity index (χ2n) is 14.1. The Hall–Kier alpha value is -7.63. The van der Waals surface area contributed by atoms with Gasteiger partial charge in [-0.05, 0) is 70.8 Å². The summed E-state index contributed by atoms with van der Waals surface area (Å²) < 4.78 is 8.75. The molecule has 0 saturated heterocycles. The molecule has 0 unspecified atom stereocenters. The lowest BCUT2D eigenvalue weighted by molar-refractivity contribution is 0.669. The second kappa shape index (κ2) is 13.0. The van der Waals surface area contributed by atoms with Gasteiger partial charge in [0.2, 0.25) is 0 Å². The SMILES string of the molecule is c1ccc(-c2cc(-c3cccc(-n4c5ccccc5c5cc6c(cc54)oc4ccccc46)c3)cc(-c3nc(-c4ccccc4)nc(-c4ccccc4)n3)c2)cc1. The van der Waals surface area contributed by atoms with Crippen LogP contribution in [0.2, 0.25) is 0 Å². The molecular formula is C51H32N4O. The van der Waals surface area contributed by atoms with Crippen molar-refractivity contribution in [2.75, 3.05) is 0 Å². The molecule has 0 spiro atoms. The van der Waals surface area contributed by atoms with E-state index in [1.165, 1.54) is 10.8 Å². The smallest absolute Gasteiger partial charge is 0.164 e. The zero-order valence-electron chi connectivity index (χ0n) is 30.2. The lowest BCUT2D eigenvalue weighted by atomic mass is 9.95. The third-order valence-corrected chi connectivity index (χ3v) is 10.6. The van der Waals surface area contributed by atoms with Crippen LogP contribution in [-0.4, -0.2) is 19.5 Å². The van der Waals surface area contributed by atoms with E-state index in [0.717, 1.165) is 77.6 Å². The molecule has 262 valence electrons. The summed E-state index contributed by atoms with van der Waals surface area (Å²) in [6, 6.07) is 67.5. The predicted molar refractivity (Wildman–Crippen MR) is 229 cm³/mol. The van der Waals surface area contributed by atoms with Crippen LogP contribution in [0.3, 0.4) is 0 Å². The summed E-state index contributed by atoms with van der Waals surface area (Å²) >= 11 is 0. The summed E-state index contributed by atoms with van der Waals surface area (Å²) in [7, 11) is 0. The Morgan fingerprint density at radius 2 is 0.839 bits per heavy atom. The van der Waals surface area contributed by atoms with E-state index in [-0.39, 0.29) is 0 Å². The molecule has 3 heterocycles. The van der Waals surface area contributed by atoms with Gasteiger partial charge in [-0.2, -0.15) is 0 Å². The molecule has 11 aromatic rings. The molecule has 11 rings (SSSR count). The molecule has 0 aliphatic rings. The maximum absolute atomic E-state index is 6.39. The molecule has 0 radical (unpaired) electrons. The normalized spacial score (nSPS) is 11.6. The number of furan rings is 1. The highest BCUT2D eigenvalue weighted by Gasteiger charge is 2.18. The van der Waals surface area contributed by atoms with E-state index in [4.69, 9.17) is 19.4 Å². The van der Waals surface area contributed by atoms with Crippen LogP contribution in [0.4, 0.5) is 0 Å². The highest BCUT2D eigenvalue weighted by Crippen LogP contribution is 2.40. The molecule has 0 aliphatic heterocycles. The summed E-state index contributed by atoms with van der Waals surface area (Å²) in [6.07, 6.45) is 0. The number of rotatable bonds is 6. The zero-order chi connectivity index (χ0) is 37.0. The van der Waals surface area contributed by atoms with Gasteiger partial charge in [0.25, 0.3) is 0 Å². The van der Waals surface area contributed by atoms with Crippen molar-refractivity contribution >= 4 is 43.7 Å². The Labute approximate surface area is 322 Å². The van der Waals surface area contributed by atoms with Crippen molar-refractivity contribution in [1.29, 1.82) is 0 Å². The number of fused-ring (bicyclic) bond motifs is 6. The van der Waals surface area contributed by atoms with Crippen molar-refractivity contribution in [3.63, 3.8) is 0 Å². The summed E-state index contributed by atoms with van der Waals surface area (Å²) in [5.41, 5.74) is 12.2. The first kappa shape index (κ1) is 31.9. The number of para-hydroxylation sites is 2. The van der Waals surface area contributed by atoms with Crippen LogP contribution in [0.15, 0.2) is 199 Å². The van der Waals surface area contributed by atoms with Crippen molar-refractivity contribution in [2.45, 2.75) is 0 Å². The van der Waals surface area contributed by atoms with Crippen LogP contribution < -0.4 is 0 Å². The fraction of sp³-hybridized carbons (Fsp3) is 0. The third-order valence-electron chi connectivity index (χ3n) is 10.6. The first-order valence-corrected chi connectivity index (χ1v) is 18.8. The van der Waals surface area contributed by atoms with Crippen molar-refractivity contribution in [3.8, 4) is 62.1 Å². The molecule has 0 bridgehead atoms. The Morgan fingerprint density at radius 3 is 1.54 bits per heavy atom. The number of hydrogen-bond donors (Lipinski definition) is 0. The average molecular weight is 717 g/mol.